The number of rotatable bonds is 10. The second kappa shape index (κ2) is 9.73. The fourth-order valence-electron chi connectivity index (χ4n) is 2.46. The van der Waals surface area contributed by atoms with Gasteiger partial charge in [0.2, 0.25) is 0 Å². The minimum absolute atomic E-state index is 0.334. The van der Waals surface area contributed by atoms with E-state index in [1.807, 2.05) is 0 Å². The number of aliphatic hydroxyl groups excluding tert-OH is 1. The standard InChI is InChI=1S/C14H29NO3/c1-3-6-12(10-17-2)15-9-13(16)11-18-14-7-4-5-8-14/h12-16H,3-11H2,1-2H3. The first-order chi connectivity index (χ1) is 8.76. The maximum absolute atomic E-state index is 9.87. The summed E-state index contributed by atoms with van der Waals surface area (Å²) in [6.07, 6.45) is 7.01. The van der Waals surface area contributed by atoms with Crippen LogP contribution in [-0.2, 0) is 9.47 Å². The third-order valence-electron chi connectivity index (χ3n) is 3.47. The van der Waals surface area contributed by atoms with E-state index in [1.165, 1.54) is 12.8 Å². The van der Waals surface area contributed by atoms with E-state index in [9.17, 15) is 5.11 Å². The Labute approximate surface area is 111 Å². The summed E-state index contributed by atoms with van der Waals surface area (Å²) < 4.78 is 10.9. The molecule has 4 heteroatoms. The fraction of sp³-hybridized carbons (Fsp3) is 1.00. The number of nitrogens with one attached hydrogen (secondary N) is 1. The Hall–Kier alpha value is -0.160. The molecule has 0 spiro atoms. The highest BCUT2D eigenvalue weighted by atomic mass is 16.5. The van der Waals surface area contributed by atoms with E-state index >= 15 is 0 Å². The van der Waals surface area contributed by atoms with Gasteiger partial charge in [-0.1, -0.05) is 26.2 Å². The van der Waals surface area contributed by atoms with Crippen molar-refractivity contribution in [3.63, 3.8) is 0 Å². The third-order valence-corrected chi connectivity index (χ3v) is 3.47. The van der Waals surface area contributed by atoms with Crippen LogP contribution < -0.4 is 5.32 Å². The van der Waals surface area contributed by atoms with Gasteiger partial charge in [0.05, 0.1) is 25.4 Å². The van der Waals surface area contributed by atoms with Crippen molar-refractivity contribution in [2.45, 2.75) is 63.7 Å². The van der Waals surface area contributed by atoms with Crippen LogP contribution in [0.15, 0.2) is 0 Å². The topological polar surface area (TPSA) is 50.7 Å². The van der Waals surface area contributed by atoms with E-state index in [0.717, 1.165) is 25.7 Å². The summed E-state index contributed by atoms with van der Waals surface area (Å²) in [5.41, 5.74) is 0. The molecule has 1 fully saturated rings. The second-order valence-electron chi connectivity index (χ2n) is 5.24. The van der Waals surface area contributed by atoms with Crippen molar-refractivity contribution in [2.24, 2.45) is 0 Å². The Balaban J connectivity index is 2.07. The molecule has 0 saturated heterocycles. The Morgan fingerprint density at radius 2 is 2.00 bits per heavy atom. The summed E-state index contributed by atoms with van der Waals surface area (Å²) in [5, 5.41) is 13.2. The molecule has 0 aromatic rings. The van der Waals surface area contributed by atoms with Gasteiger partial charge < -0.3 is 19.9 Å². The van der Waals surface area contributed by atoms with Gasteiger partial charge >= 0.3 is 0 Å². The van der Waals surface area contributed by atoms with Gasteiger partial charge in [-0.2, -0.15) is 0 Å². The largest absolute Gasteiger partial charge is 0.389 e. The van der Waals surface area contributed by atoms with Crippen LogP contribution in [0.4, 0.5) is 0 Å². The predicted octanol–water partition coefficient (Wildman–Crippen LogP) is 1.71. The van der Waals surface area contributed by atoms with Crippen molar-refractivity contribution in [1.82, 2.24) is 5.32 Å². The van der Waals surface area contributed by atoms with Crippen LogP contribution in [0.5, 0.6) is 0 Å². The lowest BCUT2D eigenvalue weighted by atomic mass is 10.2. The summed E-state index contributed by atoms with van der Waals surface area (Å²) in [7, 11) is 1.71. The van der Waals surface area contributed by atoms with Crippen LogP contribution in [-0.4, -0.2) is 50.2 Å². The van der Waals surface area contributed by atoms with Crippen molar-refractivity contribution in [1.29, 1.82) is 0 Å². The van der Waals surface area contributed by atoms with Crippen LogP contribution in [0.25, 0.3) is 0 Å². The molecule has 0 aromatic heterocycles. The second-order valence-corrected chi connectivity index (χ2v) is 5.24. The van der Waals surface area contributed by atoms with Crippen molar-refractivity contribution in [2.75, 3.05) is 26.9 Å². The smallest absolute Gasteiger partial charge is 0.0897 e. The molecule has 1 rings (SSSR count). The molecule has 1 aliphatic carbocycles. The van der Waals surface area contributed by atoms with E-state index in [2.05, 4.69) is 12.2 Å². The van der Waals surface area contributed by atoms with Gasteiger partial charge in [-0.05, 0) is 19.3 Å². The fourth-order valence-corrected chi connectivity index (χ4v) is 2.46. The molecule has 2 unspecified atom stereocenters. The van der Waals surface area contributed by atoms with Gasteiger partial charge in [0.1, 0.15) is 0 Å². The first-order valence-corrected chi connectivity index (χ1v) is 7.28. The number of methoxy groups -OCH3 is 1. The Morgan fingerprint density at radius 3 is 2.61 bits per heavy atom. The summed E-state index contributed by atoms with van der Waals surface area (Å²) in [6, 6.07) is 0.334. The van der Waals surface area contributed by atoms with E-state index in [4.69, 9.17) is 9.47 Å². The zero-order valence-electron chi connectivity index (χ0n) is 11.9. The van der Waals surface area contributed by atoms with Gasteiger partial charge in [0.25, 0.3) is 0 Å². The number of hydrogen-bond donors (Lipinski definition) is 2. The highest BCUT2D eigenvalue weighted by Gasteiger charge is 2.17. The lowest BCUT2D eigenvalue weighted by Gasteiger charge is -2.20. The first kappa shape index (κ1) is 15.9. The van der Waals surface area contributed by atoms with E-state index in [-0.39, 0.29) is 0 Å². The highest BCUT2D eigenvalue weighted by Crippen LogP contribution is 2.20. The lowest BCUT2D eigenvalue weighted by Crippen LogP contribution is -2.40. The molecule has 108 valence electrons. The van der Waals surface area contributed by atoms with Gasteiger partial charge in [-0.15, -0.1) is 0 Å². The summed E-state index contributed by atoms with van der Waals surface area (Å²) in [6.45, 7) is 3.89. The maximum Gasteiger partial charge on any atom is 0.0897 e. The van der Waals surface area contributed by atoms with Gasteiger partial charge in [0, 0.05) is 19.7 Å². The number of aliphatic hydroxyl groups is 1. The normalized spacial score (nSPS) is 20.2. The molecule has 0 bridgehead atoms. The zero-order chi connectivity index (χ0) is 13.2. The van der Waals surface area contributed by atoms with E-state index < -0.39 is 6.10 Å². The zero-order valence-corrected chi connectivity index (χ0v) is 11.9. The molecule has 2 atom stereocenters. The highest BCUT2D eigenvalue weighted by molar-refractivity contribution is 4.71. The van der Waals surface area contributed by atoms with Gasteiger partial charge in [0.15, 0.2) is 0 Å². The SMILES string of the molecule is CCCC(COC)NCC(O)COC1CCCC1. The summed E-state index contributed by atoms with van der Waals surface area (Å²) in [4.78, 5) is 0. The molecule has 0 heterocycles. The van der Waals surface area contributed by atoms with Crippen LogP contribution in [0.2, 0.25) is 0 Å². The summed E-state index contributed by atoms with van der Waals surface area (Å²) >= 11 is 0. The average Bonchev–Trinajstić information content (AvgIpc) is 2.87. The molecule has 1 aliphatic rings. The molecular formula is C14H29NO3. The van der Waals surface area contributed by atoms with E-state index in [1.54, 1.807) is 7.11 Å². The average molecular weight is 259 g/mol. The monoisotopic (exact) mass is 259 g/mol. The first-order valence-electron chi connectivity index (χ1n) is 7.28. The molecule has 0 aliphatic heterocycles. The van der Waals surface area contributed by atoms with E-state index in [0.29, 0.717) is 31.9 Å². The molecule has 2 N–H and O–H groups in total. The van der Waals surface area contributed by atoms with Crippen LogP contribution >= 0.6 is 0 Å². The van der Waals surface area contributed by atoms with Crippen molar-refractivity contribution in [3.05, 3.63) is 0 Å². The quantitative estimate of drug-likeness (QED) is 0.627. The Kier molecular flexibility index (Phi) is 8.59. The van der Waals surface area contributed by atoms with Crippen LogP contribution in [0.1, 0.15) is 45.4 Å². The third kappa shape index (κ3) is 6.69. The maximum atomic E-state index is 9.87. The van der Waals surface area contributed by atoms with Gasteiger partial charge in [-0.3, -0.25) is 0 Å². The summed E-state index contributed by atoms with van der Waals surface area (Å²) in [5.74, 6) is 0. The number of ether oxygens (including phenoxy) is 2. The van der Waals surface area contributed by atoms with Crippen LogP contribution in [0.3, 0.4) is 0 Å². The lowest BCUT2D eigenvalue weighted by molar-refractivity contribution is -0.00721. The predicted molar refractivity (Wildman–Crippen MR) is 72.8 cm³/mol. The van der Waals surface area contributed by atoms with Gasteiger partial charge in [-0.25, -0.2) is 0 Å². The molecule has 1 saturated carbocycles. The molecule has 0 aromatic carbocycles. The van der Waals surface area contributed by atoms with Crippen molar-refractivity contribution >= 4 is 0 Å². The van der Waals surface area contributed by atoms with Crippen molar-refractivity contribution < 1.29 is 14.6 Å². The molecule has 18 heavy (non-hydrogen) atoms. The Bertz CT molecular complexity index is 189. The minimum Gasteiger partial charge on any atom is -0.389 e. The molecule has 0 amide bonds. The number of hydrogen-bond acceptors (Lipinski definition) is 4. The molecular weight excluding hydrogens is 230 g/mol. The van der Waals surface area contributed by atoms with Crippen LogP contribution in [0, 0.1) is 0 Å². The van der Waals surface area contributed by atoms with Crippen molar-refractivity contribution in [3.8, 4) is 0 Å². The minimum atomic E-state index is -0.415. The molecule has 0 radical (unpaired) electrons. The molecule has 4 nitrogen and oxygen atoms in total. The Morgan fingerprint density at radius 1 is 1.28 bits per heavy atom.